The summed E-state index contributed by atoms with van der Waals surface area (Å²) in [5.41, 5.74) is 0. The minimum Gasteiger partial charge on any atom is -0.341 e. The molecule has 2 nitrogen and oxygen atoms in total. The summed E-state index contributed by atoms with van der Waals surface area (Å²) in [6, 6.07) is 0. The van der Waals surface area contributed by atoms with Crippen LogP contribution in [0.4, 0.5) is 0 Å². The van der Waals surface area contributed by atoms with Crippen LogP contribution in [0.25, 0.3) is 0 Å². The fraction of sp³-hybridized carbons (Fsp3) is 0.400. The van der Waals surface area contributed by atoms with Crippen LogP contribution in [0.2, 0.25) is 0 Å². The molecule has 0 bridgehead atoms. The second-order valence-electron chi connectivity index (χ2n) is 1.23. The lowest BCUT2D eigenvalue weighted by molar-refractivity contribution is 0.913. The minimum absolute atomic E-state index is 0. The first-order valence-electron chi connectivity index (χ1n) is 1.81. The zero-order valence-corrected chi connectivity index (χ0v) is 4.20. The van der Waals surface area contributed by atoms with Gasteiger partial charge in [-0.1, -0.05) is 7.43 Å². The number of imidazole rings is 1. The Labute approximate surface area is 52.1 Å². The highest BCUT2D eigenvalue weighted by atomic mass is 15.0. The van der Waals surface area contributed by atoms with Gasteiger partial charge in [0.2, 0.25) is 0 Å². The highest BCUT2D eigenvalue weighted by Gasteiger charge is 1.69. The van der Waals surface area contributed by atoms with Gasteiger partial charge in [-0.3, -0.25) is 0 Å². The average molecular weight is 109 g/mol. The van der Waals surface area contributed by atoms with E-state index in [-0.39, 0.29) is 15.8 Å². The lowest BCUT2D eigenvalue weighted by atomic mass is 10.8. The molecule has 0 saturated heterocycles. The summed E-state index contributed by atoms with van der Waals surface area (Å²) < 4.78 is 1.89. The van der Waals surface area contributed by atoms with Gasteiger partial charge < -0.3 is 4.57 Å². The molecule has 43 valence electrons. The Balaban J connectivity index is 0. The fourth-order valence-corrected chi connectivity index (χ4v) is 0.326. The molecule has 0 spiro atoms. The maximum absolute atomic E-state index is 3.78. The maximum Gasteiger partial charge on any atom is 0.0943 e. The van der Waals surface area contributed by atoms with Gasteiger partial charge in [0.05, 0.1) is 6.33 Å². The summed E-state index contributed by atoms with van der Waals surface area (Å²) in [5.74, 6) is 0. The predicted molar refractivity (Wildman–Crippen MR) is 35.7 cm³/mol. The van der Waals surface area contributed by atoms with E-state index < -0.39 is 0 Å². The molecule has 0 saturated carbocycles. The van der Waals surface area contributed by atoms with Gasteiger partial charge in [-0.15, -0.1) is 0 Å². The molecular weight excluding hydrogens is 98.9 g/mol. The van der Waals surface area contributed by atoms with Crippen molar-refractivity contribution in [3.05, 3.63) is 18.7 Å². The molecule has 0 aliphatic rings. The van der Waals surface area contributed by atoms with E-state index in [0.717, 1.165) is 0 Å². The van der Waals surface area contributed by atoms with Crippen LogP contribution in [0.15, 0.2) is 18.7 Å². The molecule has 1 heterocycles. The van der Waals surface area contributed by atoms with Gasteiger partial charge in [0.15, 0.2) is 0 Å². The molecule has 1 aromatic rings. The largest absolute Gasteiger partial charge is 0.341 e. The third-order valence-corrected chi connectivity index (χ3v) is 0.637. The molecule has 3 radical (unpaired) electrons. The molecule has 0 aliphatic heterocycles. The van der Waals surface area contributed by atoms with Gasteiger partial charge in [0, 0.05) is 27.9 Å². The molecule has 8 heavy (non-hydrogen) atoms. The van der Waals surface area contributed by atoms with E-state index in [4.69, 9.17) is 0 Å². The minimum atomic E-state index is 0. The molecule has 0 aliphatic carbocycles. The number of hydrogen-bond donors (Lipinski definition) is 0. The average Bonchev–Trinajstić information content (AvgIpc) is 1.86. The van der Waals surface area contributed by atoms with Crippen LogP contribution in [0, 0.1) is 0 Å². The zero-order valence-electron chi connectivity index (χ0n) is 4.20. The number of aryl methyl sites for hydroxylation is 1. The first-order valence-corrected chi connectivity index (χ1v) is 1.81. The Bertz CT molecular complexity index is 114. The summed E-state index contributed by atoms with van der Waals surface area (Å²) >= 11 is 0. The van der Waals surface area contributed by atoms with E-state index in [1.165, 1.54) is 0 Å². The van der Waals surface area contributed by atoms with Crippen molar-refractivity contribution >= 4 is 8.41 Å². The summed E-state index contributed by atoms with van der Waals surface area (Å²) in [6.07, 6.45) is 5.39. The standard InChI is InChI=1S/C4H6N2.CH4.B/c1-6-3-2-5-4-6;;/h2-4H,1H3;1H4;. The van der Waals surface area contributed by atoms with Crippen molar-refractivity contribution in [3.63, 3.8) is 0 Å². The van der Waals surface area contributed by atoms with Gasteiger partial charge in [-0.25, -0.2) is 4.98 Å². The van der Waals surface area contributed by atoms with Crippen LogP contribution < -0.4 is 0 Å². The Morgan fingerprint density at radius 3 is 2.25 bits per heavy atom. The Kier molecular flexibility index (Phi) is 5.71. The van der Waals surface area contributed by atoms with Gasteiger partial charge in [-0.2, -0.15) is 0 Å². The van der Waals surface area contributed by atoms with E-state index in [1.807, 2.05) is 17.8 Å². The van der Waals surface area contributed by atoms with E-state index in [1.54, 1.807) is 12.5 Å². The van der Waals surface area contributed by atoms with Gasteiger partial charge >= 0.3 is 0 Å². The highest BCUT2D eigenvalue weighted by molar-refractivity contribution is 5.75. The summed E-state index contributed by atoms with van der Waals surface area (Å²) in [5, 5.41) is 0. The molecule has 0 N–H and O–H groups in total. The number of rotatable bonds is 0. The summed E-state index contributed by atoms with van der Waals surface area (Å²) in [4.78, 5) is 3.78. The lowest BCUT2D eigenvalue weighted by Crippen LogP contribution is -1.76. The fourth-order valence-electron chi connectivity index (χ4n) is 0.326. The van der Waals surface area contributed by atoms with Crippen LogP contribution in [0.1, 0.15) is 7.43 Å². The third kappa shape index (κ3) is 2.45. The van der Waals surface area contributed by atoms with Crippen molar-refractivity contribution in [2.24, 2.45) is 7.05 Å². The van der Waals surface area contributed by atoms with Gasteiger partial charge in [0.1, 0.15) is 0 Å². The quantitative estimate of drug-likeness (QED) is 0.448. The van der Waals surface area contributed by atoms with Crippen LogP contribution in [-0.2, 0) is 7.05 Å². The lowest BCUT2D eigenvalue weighted by Gasteiger charge is -1.76. The Hall–Kier alpha value is -0.725. The Morgan fingerprint density at radius 1 is 1.50 bits per heavy atom. The normalized spacial score (nSPS) is 6.62. The SMILES string of the molecule is C.Cn1ccnc1.[B]. The highest BCUT2D eigenvalue weighted by Crippen LogP contribution is 1.73. The van der Waals surface area contributed by atoms with Crippen molar-refractivity contribution in [1.29, 1.82) is 0 Å². The van der Waals surface area contributed by atoms with Crippen molar-refractivity contribution in [2.75, 3.05) is 0 Å². The van der Waals surface area contributed by atoms with Crippen LogP contribution >= 0.6 is 0 Å². The van der Waals surface area contributed by atoms with Crippen molar-refractivity contribution in [2.45, 2.75) is 7.43 Å². The molecule has 0 aromatic carbocycles. The van der Waals surface area contributed by atoms with Crippen LogP contribution in [-0.4, -0.2) is 18.0 Å². The molecule has 0 amide bonds. The molecule has 3 heteroatoms. The zero-order chi connectivity index (χ0) is 4.41. The molecule has 1 rings (SSSR count). The second-order valence-corrected chi connectivity index (χ2v) is 1.23. The number of nitrogens with zero attached hydrogens (tertiary/aromatic N) is 2. The molecular formula is C5H10BN2. The second kappa shape index (κ2) is 4.43. The summed E-state index contributed by atoms with van der Waals surface area (Å²) in [6.45, 7) is 0. The first kappa shape index (κ1) is 10.3. The van der Waals surface area contributed by atoms with Crippen molar-refractivity contribution < 1.29 is 0 Å². The van der Waals surface area contributed by atoms with E-state index in [0.29, 0.717) is 0 Å². The van der Waals surface area contributed by atoms with E-state index >= 15 is 0 Å². The van der Waals surface area contributed by atoms with Crippen molar-refractivity contribution in [1.82, 2.24) is 9.55 Å². The molecule has 0 unspecified atom stereocenters. The predicted octanol–water partition coefficient (Wildman–Crippen LogP) is 0.675. The van der Waals surface area contributed by atoms with Gasteiger partial charge in [-0.05, 0) is 0 Å². The van der Waals surface area contributed by atoms with E-state index in [2.05, 4.69) is 4.98 Å². The molecule has 0 atom stereocenters. The topological polar surface area (TPSA) is 17.8 Å². The first-order chi connectivity index (χ1) is 2.89. The van der Waals surface area contributed by atoms with Crippen LogP contribution in [0.3, 0.4) is 0 Å². The van der Waals surface area contributed by atoms with E-state index in [9.17, 15) is 0 Å². The van der Waals surface area contributed by atoms with Gasteiger partial charge in [0.25, 0.3) is 0 Å². The number of hydrogen-bond acceptors (Lipinski definition) is 1. The molecule has 1 aromatic heterocycles. The van der Waals surface area contributed by atoms with Crippen LogP contribution in [0.5, 0.6) is 0 Å². The Morgan fingerprint density at radius 2 is 2.12 bits per heavy atom. The monoisotopic (exact) mass is 109 g/mol. The number of aromatic nitrogens is 2. The summed E-state index contributed by atoms with van der Waals surface area (Å²) in [7, 11) is 1.94. The maximum atomic E-state index is 3.78. The molecule has 0 fully saturated rings. The third-order valence-electron chi connectivity index (χ3n) is 0.637. The smallest absolute Gasteiger partial charge is 0.0943 e. The van der Waals surface area contributed by atoms with Crippen molar-refractivity contribution in [3.8, 4) is 0 Å².